The maximum absolute atomic E-state index is 12.2. The van der Waals surface area contributed by atoms with Gasteiger partial charge in [-0.3, -0.25) is 4.90 Å². The molecular weight excluding hydrogens is 286 g/mol. The highest BCUT2D eigenvalue weighted by Crippen LogP contribution is 2.16. The zero-order chi connectivity index (χ0) is 15.3. The number of benzene rings is 1. The number of nitrogens with one attached hydrogen (secondary N) is 1. The van der Waals surface area contributed by atoms with Crippen molar-refractivity contribution in [2.45, 2.75) is 24.7 Å². The van der Waals surface area contributed by atoms with E-state index in [-0.39, 0.29) is 5.92 Å². The standard InChI is InChI=1S/C15H21N3O2S/c1-13-4-6-15(7-5-13)21(19,20)17-11-14-3-2-9-18(12-14)10-8-16/h4-7,14,17H,2-3,9-12H2,1H3/t14-/m1/s1. The Morgan fingerprint density at radius 3 is 2.76 bits per heavy atom. The molecule has 1 N–H and O–H groups in total. The summed E-state index contributed by atoms with van der Waals surface area (Å²) in [6, 6.07) is 8.99. The second kappa shape index (κ2) is 7.03. The van der Waals surface area contributed by atoms with E-state index < -0.39 is 10.0 Å². The van der Waals surface area contributed by atoms with Crippen LogP contribution in [-0.2, 0) is 10.0 Å². The normalized spacial score (nSPS) is 20.1. The molecule has 0 aromatic heterocycles. The summed E-state index contributed by atoms with van der Waals surface area (Å²) >= 11 is 0. The van der Waals surface area contributed by atoms with Crippen LogP contribution in [0, 0.1) is 24.2 Å². The van der Waals surface area contributed by atoms with Crippen molar-refractivity contribution in [1.82, 2.24) is 9.62 Å². The lowest BCUT2D eigenvalue weighted by molar-refractivity contribution is 0.194. The third kappa shape index (κ3) is 4.53. The van der Waals surface area contributed by atoms with E-state index in [1.807, 2.05) is 6.92 Å². The molecule has 0 radical (unpaired) electrons. The summed E-state index contributed by atoms with van der Waals surface area (Å²) in [5.74, 6) is 0.271. The zero-order valence-electron chi connectivity index (χ0n) is 12.2. The van der Waals surface area contributed by atoms with Gasteiger partial charge in [-0.15, -0.1) is 0 Å². The first-order valence-corrected chi connectivity index (χ1v) is 8.65. The molecule has 114 valence electrons. The van der Waals surface area contributed by atoms with Crippen LogP contribution in [0.25, 0.3) is 0 Å². The molecule has 1 saturated heterocycles. The largest absolute Gasteiger partial charge is 0.290 e. The van der Waals surface area contributed by atoms with Crippen LogP contribution in [-0.4, -0.2) is 39.5 Å². The first-order chi connectivity index (χ1) is 10.0. The minimum atomic E-state index is -3.44. The number of hydrogen-bond acceptors (Lipinski definition) is 4. The fourth-order valence-electron chi connectivity index (χ4n) is 2.59. The van der Waals surface area contributed by atoms with Gasteiger partial charge in [-0.05, 0) is 44.4 Å². The second-order valence-electron chi connectivity index (χ2n) is 5.57. The third-order valence-electron chi connectivity index (χ3n) is 3.79. The summed E-state index contributed by atoms with van der Waals surface area (Å²) in [7, 11) is -3.44. The Morgan fingerprint density at radius 1 is 1.38 bits per heavy atom. The molecule has 0 bridgehead atoms. The van der Waals surface area contributed by atoms with Crippen LogP contribution in [0.15, 0.2) is 29.2 Å². The molecule has 21 heavy (non-hydrogen) atoms. The van der Waals surface area contributed by atoms with Crippen molar-refractivity contribution < 1.29 is 8.42 Å². The Bertz CT molecular complexity index is 605. The number of nitriles is 1. The summed E-state index contributed by atoms with van der Waals surface area (Å²) in [5.41, 5.74) is 1.04. The Balaban J connectivity index is 1.92. The van der Waals surface area contributed by atoms with Gasteiger partial charge in [-0.2, -0.15) is 5.26 Å². The first-order valence-electron chi connectivity index (χ1n) is 7.17. The first kappa shape index (κ1) is 16.0. The summed E-state index contributed by atoms with van der Waals surface area (Å²) < 4.78 is 27.1. The SMILES string of the molecule is Cc1ccc(S(=O)(=O)NC[C@H]2CCCN(CC#N)C2)cc1. The number of piperidine rings is 1. The van der Waals surface area contributed by atoms with E-state index in [1.165, 1.54) is 0 Å². The van der Waals surface area contributed by atoms with Gasteiger partial charge >= 0.3 is 0 Å². The van der Waals surface area contributed by atoms with Crippen LogP contribution in [0.5, 0.6) is 0 Å². The van der Waals surface area contributed by atoms with Gasteiger partial charge in [0.25, 0.3) is 0 Å². The van der Waals surface area contributed by atoms with E-state index >= 15 is 0 Å². The smallest absolute Gasteiger partial charge is 0.240 e. The maximum Gasteiger partial charge on any atom is 0.240 e. The summed E-state index contributed by atoms with van der Waals surface area (Å²) in [6.45, 7) is 4.48. The number of nitrogens with zero attached hydrogens (tertiary/aromatic N) is 2. The number of hydrogen-bond donors (Lipinski definition) is 1. The molecule has 1 aliphatic rings. The molecular formula is C15H21N3O2S. The summed E-state index contributed by atoms with van der Waals surface area (Å²) in [6.07, 6.45) is 2.01. The van der Waals surface area contributed by atoms with Crippen molar-refractivity contribution in [2.75, 3.05) is 26.2 Å². The van der Waals surface area contributed by atoms with Gasteiger partial charge in [0.15, 0.2) is 0 Å². The highest BCUT2D eigenvalue weighted by atomic mass is 32.2. The molecule has 1 aliphatic heterocycles. The van der Waals surface area contributed by atoms with Gasteiger partial charge in [0.2, 0.25) is 10.0 Å². The summed E-state index contributed by atoms with van der Waals surface area (Å²) in [5, 5.41) is 8.73. The van der Waals surface area contributed by atoms with Gasteiger partial charge in [-0.25, -0.2) is 13.1 Å². The molecule has 5 nitrogen and oxygen atoms in total. The quantitative estimate of drug-likeness (QED) is 0.837. The fourth-order valence-corrected chi connectivity index (χ4v) is 3.71. The highest BCUT2D eigenvalue weighted by Gasteiger charge is 2.22. The molecule has 0 spiro atoms. The van der Waals surface area contributed by atoms with E-state index in [0.29, 0.717) is 18.0 Å². The van der Waals surface area contributed by atoms with Crippen molar-refractivity contribution >= 4 is 10.0 Å². The van der Waals surface area contributed by atoms with Crippen molar-refractivity contribution in [3.8, 4) is 6.07 Å². The molecule has 0 aliphatic carbocycles. The fraction of sp³-hybridized carbons (Fsp3) is 0.533. The lowest BCUT2D eigenvalue weighted by atomic mass is 9.98. The minimum absolute atomic E-state index is 0.271. The zero-order valence-corrected chi connectivity index (χ0v) is 13.1. The van der Waals surface area contributed by atoms with Crippen LogP contribution < -0.4 is 4.72 Å². The monoisotopic (exact) mass is 307 g/mol. The lowest BCUT2D eigenvalue weighted by Gasteiger charge is -2.30. The highest BCUT2D eigenvalue weighted by molar-refractivity contribution is 7.89. The van der Waals surface area contributed by atoms with E-state index in [1.54, 1.807) is 24.3 Å². The average Bonchev–Trinajstić information content (AvgIpc) is 2.47. The minimum Gasteiger partial charge on any atom is -0.290 e. The van der Waals surface area contributed by atoms with Crippen molar-refractivity contribution in [3.05, 3.63) is 29.8 Å². The van der Waals surface area contributed by atoms with E-state index in [4.69, 9.17) is 5.26 Å². The number of rotatable bonds is 5. The van der Waals surface area contributed by atoms with Crippen molar-refractivity contribution in [3.63, 3.8) is 0 Å². The Morgan fingerprint density at radius 2 is 2.10 bits per heavy atom. The van der Waals surface area contributed by atoms with Gasteiger partial charge in [0, 0.05) is 13.1 Å². The van der Waals surface area contributed by atoms with Crippen molar-refractivity contribution in [1.29, 1.82) is 5.26 Å². The van der Waals surface area contributed by atoms with Crippen LogP contribution in [0.3, 0.4) is 0 Å². The Labute approximate surface area is 126 Å². The van der Waals surface area contributed by atoms with E-state index in [2.05, 4.69) is 15.7 Å². The average molecular weight is 307 g/mol. The van der Waals surface area contributed by atoms with Gasteiger partial charge in [-0.1, -0.05) is 17.7 Å². The maximum atomic E-state index is 12.2. The molecule has 1 atom stereocenters. The Kier molecular flexibility index (Phi) is 5.34. The van der Waals surface area contributed by atoms with Gasteiger partial charge in [0.05, 0.1) is 17.5 Å². The molecule has 2 rings (SSSR count). The van der Waals surface area contributed by atoms with Crippen LogP contribution >= 0.6 is 0 Å². The lowest BCUT2D eigenvalue weighted by Crippen LogP contribution is -2.41. The molecule has 0 unspecified atom stereocenters. The summed E-state index contributed by atoms with van der Waals surface area (Å²) in [4.78, 5) is 2.38. The van der Waals surface area contributed by atoms with Crippen LogP contribution in [0.2, 0.25) is 0 Å². The predicted molar refractivity (Wildman–Crippen MR) is 81.1 cm³/mol. The second-order valence-corrected chi connectivity index (χ2v) is 7.33. The van der Waals surface area contributed by atoms with Gasteiger partial charge in [0.1, 0.15) is 0 Å². The molecule has 0 saturated carbocycles. The van der Waals surface area contributed by atoms with Gasteiger partial charge < -0.3 is 0 Å². The predicted octanol–water partition coefficient (Wildman–Crippen LogP) is 1.51. The molecule has 6 heteroatoms. The van der Waals surface area contributed by atoms with E-state index in [0.717, 1.165) is 31.5 Å². The van der Waals surface area contributed by atoms with E-state index in [9.17, 15) is 8.42 Å². The topological polar surface area (TPSA) is 73.2 Å². The van der Waals surface area contributed by atoms with Crippen molar-refractivity contribution in [2.24, 2.45) is 5.92 Å². The molecule has 0 amide bonds. The number of aryl methyl sites for hydroxylation is 1. The number of sulfonamides is 1. The Hall–Kier alpha value is -1.42. The molecule has 1 heterocycles. The number of likely N-dealkylation sites (tertiary alicyclic amines) is 1. The molecule has 1 aromatic rings. The molecule has 1 fully saturated rings. The van der Waals surface area contributed by atoms with Crippen LogP contribution in [0.4, 0.5) is 0 Å². The molecule has 1 aromatic carbocycles. The third-order valence-corrected chi connectivity index (χ3v) is 5.23. The van der Waals surface area contributed by atoms with Crippen LogP contribution in [0.1, 0.15) is 18.4 Å².